The molecule has 14 rings (SSSR count). The maximum atomic E-state index is 11.2. The van der Waals surface area contributed by atoms with E-state index in [1.165, 1.54) is 21.5 Å². The Morgan fingerprint density at radius 2 is 0.621 bits per heavy atom. The van der Waals surface area contributed by atoms with Crippen LogP contribution in [-0.2, 0) is 0 Å². The first-order chi connectivity index (χ1) is 32.7. The lowest BCUT2D eigenvalue weighted by Crippen LogP contribution is -2.05. The first-order valence-corrected chi connectivity index (χ1v) is 22.1. The second-order valence-electron chi connectivity index (χ2n) is 17.1. The van der Waals surface area contributed by atoms with E-state index >= 15 is 0 Å². The highest BCUT2D eigenvalue weighted by atomic mass is 15.0. The number of fused-ring (bicyclic) bond motifs is 14. The number of nitrogens with zero attached hydrogens (tertiary/aromatic N) is 6. The van der Waals surface area contributed by atoms with Gasteiger partial charge in [0.2, 0.25) is 0 Å². The highest BCUT2D eigenvalue weighted by Crippen LogP contribution is 2.43. The van der Waals surface area contributed by atoms with Crippen molar-refractivity contribution in [1.29, 1.82) is 10.5 Å². The second kappa shape index (κ2) is 13.6. The third-order valence-corrected chi connectivity index (χ3v) is 13.8. The van der Waals surface area contributed by atoms with Gasteiger partial charge in [-0.1, -0.05) is 121 Å². The summed E-state index contributed by atoms with van der Waals surface area (Å²) in [5.41, 5.74) is 12.5. The number of hydrogen-bond donors (Lipinski definition) is 0. The molecule has 0 fully saturated rings. The molecule has 0 radical (unpaired) electrons. The average molecular weight is 839 g/mol. The fourth-order valence-electron chi connectivity index (χ4n) is 11.1. The van der Waals surface area contributed by atoms with Crippen molar-refractivity contribution < 1.29 is 0 Å². The molecule has 0 atom stereocenters. The zero-order valence-corrected chi connectivity index (χ0v) is 35.3. The molecule has 4 aromatic heterocycles. The highest BCUT2D eigenvalue weighted by Gasteiger charge is 2.24. The Bertz CT molecular complexity index is 4390. The van der Waals surface area contributed by atoms with Gasteiger partial charge in [-0.05, 0) is 95.7 Å². The molecule has 0 bridgehead atoms. The predicted molar refractivity (Wildman–Crippen MR) is 271 cm³/mol. The van der Waals surface area contributed by atoms with E-state index in [0.29, 0.717) is 22.5 Å². The Balaban J connectivity index is 1.01. The number of aromatic nitrogens is 4. The molecule has 0 spiro atoms. The van der Waals surface area contributed by atoms with Crippen molar-refractivity contribution in [3.8, 4) is 34.9 Å². The van der Waals surface area contributed by atoms with E-state index in [-0.39, 0.29) is 0 Å². The molecule has 0 amide bonds. The van der Waals surface area contributed by atoms with Gasteiger partial charge in [0.1, 0.15) is 12.1 Å². The molecule has 0 saturated heterocycles. The van der Waals surface area contributed by atoms with Crippen molar-refractivity contribution in [2.24, 2.45) is 0 Å². The largest absolute Gasteiger partial charge is 0.309 e. The van der Waals surface area contributed by atoms with E-state index in [1.54, 1.807) is 0 Å². The van der Waals surface area contributed by atoms with Gasteiger partial charge in [-0.15, -0.1) is 0 Å². The molecule has 0 N–H and O–H groups in total. The predicted octanol–water partition coefficient (Wildman–Crippen LogP) is 15.0. The summed E-state index contributed by atoms with van der Waals surface area (Å²) in [7, 11) is 0. The zero-order chi connectivity index (χ0) is 43.6. The number of benzene rings is 10. The summed E-state index contributed by atoms with van der Waals surface area (Å²) in [6.07, 6.45) is 0. The summed E-state index contributed by atoms with van der Waals surface area (Å²) in [5.74, 6) is 0. The highest BCUT2D eigenvalue weighted by molar-refractivity contribution is 6.22. The fraction of sp³-hybridized carbons (Fsp3) is 0. The Kier molecular flexibility index (Phi) is 7.43. The lowest BCUT2D eigenvalue weighted by atomic mass is 10.0. The van der Waals surface area contributed by atoms with Crippen LogP contribution in [0, 0.1) is 22.7 Å². The number of rotatable bonds is 4. The lowest BCUT2D eigenvalue weighted by molar-refractivity contribution is 1.12. The first kappa shape index (κ1) is 36.2. The van der Waals surface area contributed by atoms with Gasteiger partial charge in [0.15, 0.2) is 0 Å². The minimum absolute atomic E-state index is 0.321. The molecule has 0 aliphatic rings. The van der Waals surface area contributed by atoms with Crippen molar-refractivity contribution in [2.75, 3.05) is 0 Å². The monoisotopic (exact) mass is 838 g/mol. The zero-order valence-electron chi connectivity index (χ0n) is 35.3. The number of para-hydroxylation sites is 5. The van der Waals surface area contributed by atoms with Crippen molar-refractivity contribution in [2.45, 2.75) is 0 Å². The van der Waals surface area contributed by atoms with E-state index in [0.717, 1.165) is 87.8 Å². The third-order valence-electron chi connectivity index (χ3n) is 13.8. The van der Waals surface area contributed by atoms with Gasteiger partial charge >= 0.3 is 0 Å². The normalized spacial score (nSPS) is 11.9. The van der Waals surface area contributed by atoms with Gasteiger partial charge in [-0.25, -0.2) is 0 Å². The minimum atomic E-state index is 0.321. The molecular weight excluding hydrogens is 805 g/mol. The Hall–Kier alpha value is -9.36. The average Bonchev–Trinajstić information content (AvgIpc) is 4.10. The summed E-state index contributed by atoms with van der Waals surface area (Å²) in [6, 6.07) is 77.7. The van der Waals surface area contributed by atoms with Gasteiger partial charge in [0.25, 0.3) is 0 Å². The molecule has 14 aromatic rings. The smallest absolute Gasteiger partial charge is 0.103 e. The maximum Gasteiger partial charge on any atom is 0.103 e. The Morgan fingerprint density at radius 1 is 0.273 bits per heavy atom. The van der Waals surface area contributed by atoms with Crippen LogP contribution in [0.5, 0.6) is 0 Å². The van der Waals surface area contributed by atoms with Crippen LogP contribution in [0.15, 0.2) is 206 Å². The SMILES string of the molecule is N#Cc1c(-n2c3ccccc3c3cc(-n4c5ccccc5c5ccccc54)ccc32)ccc(-n2c3ccc(-n4c5ccccc5c5ccccc54)cc3c3c4ccccc4ccc32)c1C#N. The van der Waals surface area contributed by atoms with E-state index in [1.807, 2.05) is 18.2 Å². The Morgan fingerprint density at radius 3 is 1.11 bits per heavy atom. The molecule has 0 saturated carbocycles. The van der Waals surface area contributed by atoms with E-state index in [4.69, 9.17) is 0 Å². The van der Waals surface area contributed by atoms with Crippen molar-refractivity contribution in [3.63, 3.8) is 0 Å². The van der Waals surface area contributed by atoms with Gasteiger partial charge in [0, 0.05) is 54.5 Å². The molecule has 0 aliphatic heterocycles. The quantitative estimate of drug-likeness (QED) is 0.177. The summed E-state index contributed by atoms with van der Waals surface area (Å²) >= 11 is 0. The van der Waals surface area contributed by atoms with E-state index in [9.17, 15) is 10.5 Å². The van der Waals surface area contributed by atoms with Crippen LogP contribution in [0.25, 0.3) is 121 Å². The van der Waals surface area contributed by atoms with Gasteiger partial charge in [-0.2, -0.15) is 10.5 Å². The number of nitriles is 2. The van der Waals surface area contributed by atoms with Gasteiger partial charge in [0.05, 0.1) is 66.6 Å². The van der Waals surface area contributed by atoms with Gasteiger partial charge in [-0.3, -0.25) is 0 Å². The second-order valence-corrected chi connectivity index (χ2v) is 17.1. The molecule has 0 aliphatic carbocycles. The van der Waals surface area contributed by atoms with Crippen LogP contribution >= 0.6 is 0 Å². The summed E-state index contributed by atoms with van der Waals surface area (Å²) < 4.78 is 9.01. The summed E-state index contributed by atoms with van der Waals surface area (Å²) in [5, 5.41) is 33.8. The summed E-state index contributed by atoms with van der Waals surface area (Å²) in [4.78, 5) is 0. The van der Waals surface area contributed by atoms with Crippen LogP contribution < -0.4 is 0 Å². The lowest BCUT2D eigenvalue weighted by Gasteiger charge is -2.16. The molecule has 304 valence electrons. The van der Waals surface area contributed by atoms with E-state index in [2.05, 4.69) is 218 Å². The maximum absolute atomic E-state index is 11.2. The molecule has 6 heteroatoms. The molecule has 66 heavy (non-hydrogen) atoms. The van der Waals surface area contributed by atoms with Crippen LogP contribution in [0.2, 0.25) is 0 Å². The van der Waals surface area contributed by atoms with Gasteiger partial charge < -0.3 is 18.3 Å². The molecule has 0 unspecified atom stereocenters. The molecule has 10 aromatic carbocycles. The molecule has 4 heterocycles. The summed E-state index contributed by atoms with van der Waals surface area (Å²) in [6.45, 7) is 0. The third kappa shape index (κ3) is 4.82. The van der Waals surface area contributed by atoms with Crippen LogP contribution in [-0.4, -0.2) is 18.3 Å². The van der Waals surface area contributed by atoms with Crippen LogP contribution in [0.4, 0.5) is 0 Å². The first-order valence-electron chi connectivity index (χ1n) is 22.1. The molecule has 6 nitrogen and oxygen atoms in total. The van der Waals surface area contributed by atoms with Crippen LogP contribution in [0.1, 0.15) is 11.1 Å². The van der Waals surface area contributed by atoms with Crippen molar-refractivity contribution in [3.05, 3.63) is 217 Å². The van der Waals surface area contributed by atoms with Crippen molar-refractivity contribution in [1.82, 2.24) is 18.3 Å². The standard InChI is InChI=1S/C60H34N6/c61-35-48-49(36-62)58(32-31-57(48)65-54-24-12-7-19-45(54)46-33-38(26-29-55(46)65)63-50-20-8-3-15-41(50)42-16-4-9-21-51(42)63)66-56-30-27-39(34-47(56)60-40-14-2-1-13-37(40)25-28-59(60)66)64-52-22-10-5-17-43(52)44-18-6-11-23-53(44)64/h1-34H. The van der Waals surface area contributed by atoms with Crippen LogP contribution in [0.3, 0.4) is 0 Å². The Labute approximate surface area is 377 Å². The number of hydrogen-bond acceptors (Lipinski definition) is 2. The van der Waals surface area contributed by atoms with E-state index < -0.39 is 0 Å². The minimum Gasteiger partial charge on any atom is -0.309 e. The fourth-order valence-corrected chi connectivity index (χ4v) is 11.1. The topological polar surface area (TPSA) is 67.3 Å². The molecular formula is C60H34N6. The van der Waals surface area contributed by atoms with Crippen molar-refractivity contribution >= 4 is 98.0 Å².